The lowest BCUT2D eigenvalue weighted by molar-refractivity contribution is 0.0705. The number of phenolic OH excluding ortho intramolecular Hbond substituents is 2. The van der Waals surface area contributed by atoms with Crippen molar-refractivity contribution >= 4 is 5.91 Å². The van der Waals surface area contributed by atoms with Crippen LogP contribution in [0.3, 0.4) is 0 Å². The number of nitrogens with zero attached hydrogens (tertiary/aromatic N) is 1. The Balaban J connectivity index is 2.01. The number of carbonyl (C=O) groups is 1. The number of phenols is 2. The van der Waals surface area contributed by atoms with Crippen LogP contribution in [0.2, 0.25) is 0 Å². The number of piperidine rings is 1. The Morgan fingerprint density at radius 3 is 2.37 bits per heavy atom. The fraction of sp³-hybridized carbons (Fsp3) is 0.500. The first-order valence-electron chi connectivity index (χ1n) is 6.66. The predicted octanol–water partition coefficient (Wildman–Crippen LogP) is 1.31. The molecule has 1 aromatic carbocycles. The molecule has 3 N–H and O–H groups in total. The van der Waals surface area contributed by atoms with E-state index in [9.17, 15) is 15.0 Å². The molecule has 0 aromatic heterocycles. The molecule has 0 spiro atoms. The second-order valence-corrected chi connectivity index (χ2v) is 4.86. The summed E-state index contributed by atoms with van der Waals surface area (Å²) in [7, 11) is 0. The molecular formula is C14H20N2O3. The molecule has 0 saturated carbocycles. The number of hydrogen-bond donors (Lipinski definition) is 3. The minimum atomic E-state index is -0.138. The summed E-state index contributed by atoms with van der Waals surface area (Å²) in [4.78, 5) is 14.0. The Morgan fingerprint density at radius 2 is 1.84 bits per heavy atom. The van der Waals surface area contributed by atoms with Crippen LogP contribution >= 0.6 is 0 Å². The van der Waals surface area contributed by atoms with Gasteiger partial charge in [-0.2, -0.15) is 0 Å². The van der Waals surface area contributed by atoms with Gasteiger partial charge in [-0.25, -0.2) is 0 Å². The minimum absolute atomic E-state index is 0.0918. The van der Waals surface area contributed by atoms with Crippen LogP contribution in [-0.2, 0) is 0 Å². The molecule has 1 aliphatic rings. The van der Waals surface area contributed by atoms with Gasteiger partial charge in [-0.1, -0.05) is 6.92 Å². The van der Waals surface area contributed by atoms with Crippen LogP contribution in [0.15, 0.2) is 18.2 Å². The second-order valence-electron chi connectivity index (χ2n) is 4.86. The SMILES string of the molecule is CCNC1CCN(C(=O)c2cc(O)cc(O)c2)CC1. The molecule has 0 radical (unpaired) electrons. The van der Waals surface area contributed by atoms with Crippen molar-refractivity contribution < 1.29 is 15.0 Å². The van der Waals surface area contributed by atoms with Gasteiger partial charge in [0.05, 0.1) is 0 Å². The molecule has 1 saturated heterocycles. The standard InChI is InChI=1S/C14H20N2O3/c1-2-15-11-3-5-16(6-4-11)14(19)10-7-12(17)9-13(18)8-10/h7-9,11,15,17-18H,2-6H2,1H3. The normalized spacial score (nSPS) is 16.6. The summed E-state index contributed by atoms with van der Waals surface area (Å²) < 4.78 is 0. The Hall–Kier alpha value is -1.75. The largest absolute Gasteiger partial charge is 0.508 e. The summed E-state index contributed by atoms with van der Waals surface area (Å²) in [6.07, 6.45) is 1.87. The number of amides is 1. The maximum absolute atomic E-state index is 12.3. The predicted molar refractivity (Wildman–Crippen MR) is 72.4 cm³/mol. The molecule has 104 valence electrons. The molecule has 1 aromatic rings. The Bertz CT molecular complexity index is 434. The number of hydrogen-bond acceptors (Lipinski definition) is 4. The molecule has 1 aliphatic heterocycles. The average molecular weight is 264 g/mol. The van der Waals surface area contributed by atoms with Crippen LogP contribution in [0.1, 0.15) is 30.1 Å². The van der Waals surface area contributed by atoms with Crippen molar-refractivity contribution in [1.82, 2.24) is 10.2 Å². The van der Waals surface area contributed by atoms with Crippen LogP contribution in [-0.4, -0.2) is 46.7 Å². The van der Waals surface area contributed by atoms with Gasteiger partial charge in [0, 0.05) is 30.8 Å². The number of aromatic hydroxyl groups is 2. The van der Waals surface area contributed by atoms with E-state index in [1.807, 2.05) is 0 Å². The molecule has 0 aliphatic carbocycles. The maximum atomic E-state index is 12.3. The van der Waals surface area contributed by atoms with Crippen molar-refractivity contribution in [2.24, 2.45) is 0 Å². The second kappa shape index (κ2) is 5.93. The smallest absolute Gasteiger partial charge is 0.254 e. The van der Waals surface area contributed by atoms with Crippen molar-refractivity contribution in [1.29, 1.82) is 0 Å². The summed E-state index contributed by atoms with van der Waals surface area (Å²) >= 11 is 0. The van der Waals surface area contributed by atoms with E-state index in [4.69, 9.17) is 0 Å². The van der Waals surface area contributed by atoms with E-state index < -0.39 is 0 Å². The van der Waals surface area contributed by atoms with Crippen molar-refractivity contribution in [2.75, 3.05) is 19.6 Å². The van der Waals surface area contributed by atoms with E-state index >= 15 is 0 Å². The molecule has 0 atom stereocenters. The quantitative estimate of drug-likeness (QED) is 0.769. The molecule has 5 nitrogen and oxygen atoms in total. The van der Waals surface area contributed by atoms with Crippen molar-refractivity contribution in [3.8, 4) is 11.5 Å². The van der Waals surface area contributed by atoms with E-state index in [0.29, 0.717) is 24.7 Å². The molecule has 1 fully saturated rings. The molecule has 0 unspecified atom stereocenters. The zero-order chi connectivity index (χ0) is 13.8. The van der Waals surface area contributed by atoms with Crippen LogP contribution in [0.5, 0.6) is 11.5 Å². The summed E-state index contributed by atoms with van der Waals surface area (Å²) in [5, 5.41) is 22.2. The molecule has 19 heavy (non-hydrogen) atoms. The van der Waals surface area contributed by atoms with E-state index in [1.54, 1.807) is 4.90 Å². The third-order valence-electron chi connectivity index (χ3n) is 3.42. The van der Waals surface area contributed by atoms with Gasteiger partial charge in [-0.15, -0.1) is 0 Å². The van der Waals surface area contributed by atoms with Crippen LogP contribution in [0.4, 0.5) is 0 Å². The zero-order valence-corrected chi connectivity index (χ0v) is 11.1. The third kappa shape index (κ3) is 3.38. The number of nitrogens with one attached hydrogen (secondary N) is 1. The van der Waals surface area contributed by atoms with Gasteiger partial charge >= 0.3 is 0 Å². The van der Waals surface area contributed by atoms with E-state index in [1.165, 1.54) is 18.2 Å². The van der Waals surface area contributed by atoms with Crippen LogP contribution in [0.25, 0.3) is 0 Å². The average Bonchev–Trinajstić information content (AvgIpc) is 2.38. The van der Waals surface area contributed by atoms with Crippen LogP contribution < -0.4 is 5.32 Å². The first kappa shape index (κ1) is 13.7. The van der Waals surface area contributed by atoms with Crippen molar-refractivity contribution in [3.63, 3.8) is 0 Å². The number of likely N-dealkylation sites (tertiary alicyclic amines) is 1. The first-order chi connectivity index (χ1) is 9.10. The molecule has 1 heterocycles. The fourth-order valence-corrected chi connectivity index (χ4v) is 2.48. The Kier molecular flexibility index (Phi) is 4.27. The first-order valence-corrected chi connectivity index (χ1v) is 6.66. The highest BCUT2D eigenvalue weighted by molar-refractivity contribution is 5.95. The van der Waals surface area contributed by atoms with Gasteiger partial charge < -0.3 is 20.4 Å². The van der Waals surface area contributed by atoms with E-state index in [2.05, 4.69) is 12.2 Å². The van der Waals surface area contributed by atoms with Gasteiger partial charge in [0.2, 0.25) is 0 Å². The maximum Gasteiger partial charge on any atom is 0.254 e. The molecule has 0 bridgehead atoms. The highest BCUT2D eigenvalue weighted by Gasteiger charge is 2.23. The lowest BCUT2D eigenvalue weighted by Gasteiger charge is -2.32. The summed E-state index contributed by atoms with van der Waals surface area (Å²) in [5.74, 6) is -0.321. The van der Waals surface area contributed by atoms with E-state index in [0.717, 1.165) is 19.4 Å². The number of carbonyl (C=O) groups excluding carboxylic acids is 1. The van der Waals surface area contributed by atoms with Gasteiger partial charge in [0.15, 0.2) is 0 Å². The highest BCUT2D eigenvalue weighted by atomic mass is 16.3. The Morgan fingerprint density at radius 1 is 1.26 bits per heavy atom. The topological polar surface area (TPSA) is 72.8 Å². The van der Waals surface area contributed by atoms with Crippen molar-refractivity contribution in [2.45, 2.75) is 25.8 Å². The van der Waals surface area contributed by atoms with Gasteiger partial charge in [-0.05, 0) is 31.5 Å². The molecule has 5 heteroatoms. The third-order valence-corrected chi connectivity index (χ3v) is 3.42. The molecule has 2 rings (SSSR count). The lowest BCUT2D eigenvalue weighted by atomic mass is 10.0. The fourth-order valence-electron chi connectivity index (χ4n) is 2.48. The number of rotatable bonds is 3. The zero-order valence-electron chi connectivity index (χ0n) is 11.1. The minimum Gasteiger partial charge on any atom is -0.508 e. The summed E-state index contributed by atoms with van der Waals surface area (Å²) in [6, 6.07) is 4.47. The van der Waals surface area contributed by atoms with Crippen LogP contribution in [0, 0.1) is 0 Å². The van der Waals surface area contributed by atoms with Gasteiger partial charge in [-0.3, -0.25) is 4.79 Å². The van der Waals surface area contributed by atoms with E-state index in [-0.39, 0.29) is 17.4 Å². The monoisotopic (exact) mass is 264 g/mol. The van der Waals surface area contributed by atoms with Gasteiger partial charge in [0.25, 0.3) is 5.91 Å². The molecular weight excluding hydrogens is 244 g/mol. The number of benzene rings is 1. The lowest BCUT2D eigenvalue weighted by Crippen LogP contribution is -2.44. The highest BCUT2D eigenvalue weighted by Crippen LogP contribution is 2.22. The van der Waals surface area contributed by atoms with Gasteiger partial charge in [0.1, 0.15) is 11.5 Å². The van der Waals surface area contributed by atoms with Crippen molar-refractivity contribution in [3.05, 3.63) is 23.8 Å². The summed E-state index contributed by atoms with van der Waals surface area (Å²) in [5.41, 5.74) is 0.333. The summed E-state index contributed by atoms with van der Waals surface area (Å²) in [6.45, 7) is 4.42. The Labute approximate surface area is 112 Å². The molecule has 1 amide bonds.